The number of ether oxygens (including phenoxy) is 1. The van der Waals surface area contributed by atoms with Gasteiger partial charge < -0.3 is 20.3 Å². The number of carbonyl (C=O) groups is 1. The molecule has 172 valence electrons. The average molecular weight is 493 g/mol. The molecule has 0 spiro atoms. The molecule has 0 atom stereocenters. The van der Waals surface area contributed by atoms with E-state index in [4.69, 9.17) is 21.5 Å². The number of alkyl halides is 1. The van der Waals surface area contributed by atoms with Crippen molar-refractivity contribution in [3.63, 3.8) is 0 Å². The second-order valence-electron chi connectivity index (χ2n) is 6.92. The fourth-order valence-electron chi connectivity index (χ4n) is 3.12. The predicted molar refractivity (Wildman–Crippen MR) is 122 cm³/mol. The van der Waals surface area contributed by atoms with Gasteiger partial charge in [-0.05, 0) is 42.5 Å². The first-order valence-corrected chi connectivity index (χ1v) is 11.5. The van der Waals surface area contributed by atoms with Gasteiger partial charge in [0.05, 0.1) is 23.3 Å². The lowest BCUT2D eigenvalue weighted by Crippen LogP contribution is -2.40. The maximum atomic E-state index is 12.9. The number of aromatic nitrogens is 2. The van der Waals surface area contributed by atoms with Crippen molar-refractivity contribution in [2.24, 2.45) is 5.14 Å². The summed E-state index contributed by atoms with van der Waals surface area (Å²) in [6, 6.07) is 10.8. The second kappa shape index (κ2) is 9.17. The molecule has 2 aromatic carbocycles. The first-order valence-electron chi connectivity index (χ1n) is 9.57. The number of nitrogens with two attached hydrogens (primary N) is 1. The summed E-state index contributed by atoms with van der Waals surface area (Å²) in [6.07, 6.45) is 1.39. The number of nitrogens with one attached hydrogen (secondary N) is 2. The van der Waals surface area contributed by atoms with Crippen LogP contribution in [0.4, 0.5) is 33.2 Å². The van der Waals surface area contributed by atoms with E-state index in [1.807, 2.05) is 0 Å². The Balaban J connectivity index is 1.56. The van der Waals surface area contributed by atoms with Gasteiger partial charge in [-0.3, -0.25) is 4.79 Å². The van der Waals surface area contributed by atoms with Gasteiger partial charge in [0, 0.05) is 11.4 Å². The lowest BCUT2D eigenvalue weighted by molar-refractivity contribution is -0.121. The Morgan fingerprint density at radius 2 is 1.88 bits per heavy atom. The first-order chi connectivity index (χ1) is 15.7. The number of benzene rings is 2. The van der Waals surface area contributed by atoms with Crippen molar-refractivity contribution < 1.29 is 22.3 Å². The van der Waals surface area contributed by atoms with Crippen LogP contribution in [0.1, 0.15) is 0 Å². The van der Waals surface area contributed by atoms with Crippen LogP contribution in [0.2, 0.25) is 5.02 Å². The lowest BCUT2D eigenvalue weighted by Gasteiger charge is -2.29. The molecule has 0 unspecified atom stereocenters. The number of hydrogen-bond donors (Lipinski definition) is 3. The molecule has 3 aromatic rings. The van der Waals surface area contributed by atoms with Crippen LogP contribution in [0.3, 0.4) is 0 Å². The summed E-state index contributed by atoms with van der Waals surface area (Å²) in [5, 5.41) is 11.3. The van der Waals surface area contributed by atoms with Gasteiger partial charge in [-0.15, -0.1) is 0 Å². The van der Waals surface area contributed by atoms with Gasteiger partial charge in [-0.25, -0.2) is 22.9 Å². The van der Waals surface area contributed by atoms with Gasteiger partial charge in [-0.1, -0.05) is 11.6 Å². The van der Waals surface area contributed by atoms with E-state index in [9.17, 15) is 17.6 Å². The molecule has 33 heavy (non-hydrogen) atoms. The molecule has 0 fully saturated rings. The molecule has 1 aliphatic heterocycles. The summed E-state index contributed by atoms with van der Waals surface area (Å²) < 4.78 is 41.1. The Morgan fingerprint density at radius 1 is 1.15 bits per heavy atom. The molecule has 0 saturated carbocycles. The van der Waals surface area contributed by atoms with Gasteiger partial charge >= 0.3 is 0 Å². The number of anilines is 5. The van der Waals surface area contributed by atoms with Gasteiger partial charge in [0.2, 0.25) is 16.0 Å². The average Bonchev–Trinajstić information content (AvgIpc) is 2.78. The third kappa shape index (κ3) is 5.13. The minimum Gasteiger partial charge on any atom is -0.482 e. The number of sulfonamides is 1. The Morgan fingerprint density at radius 3 is 2.58 bits per heavy atom. The van der Waals surface area contributed by atoms with Crippen LogP contribution in [0.15, 0.2) is 53.6 Å². The normalized spacial score (nSPS) is 13.3. The van der Waals surface area contributed by atoms with E-state index >= 15 is 0 Å². The largest absolute Gasteiger partial charge is 0.482 e. The smallest absolute Gasteiger partial charge is 0.265 e. The number of carbonyl (C=O) groups excluding carboxylic acids is 1. The number of hydrogen-bond acceptors (Lipinski definition) is 8. The molecule has 10 nitrogen and oxygen atoms in total. The summed E-state index contributed by atoms with van der Waals surface area (Å²) in [5.74, 6) is 0.598. The van der Waals surface area contributed by atoms with Crippen molar-refractivity contribution in [2.45, 2.75) is 4.90 Å². The van der Waals surface area contributed by atoms with Crippen LogP contribution in [0, 0.1) is 0 Å². The topological polar surface area (TPSA) is 140 Å². The van der Waals surface area contributed by atoms with Crippen LogP contribution >= 0.6 is 11.6 Å². The summed E-state index contributed by atoms with van der Waals surface area (Å²) in [5.41, 5.74) is 1.51. The molecule has 4 N–H and O–H groups in total. The van der Waals surface area contributed by atoms with Crippen LogP contribution in [0.5, 0.6) is 5.75 Å². The number of primary sulfonamides is 1. The van der Waals surface area contributed by atoms with Crippen molar-refractivity contribution in [1.82, 2.24) is 9.97 Å². The minimum atomic E-state index is -3.80. The highest BCUT2D eigenvalue weighted by Gasteiger charge is 2.25. The summed E-state index contributed by atoms with van der Waals surface area (Å²) in [4.78, 5) is 21.8. The standard InChI is InChI=1S/C20H18ClFN6O4S/c21-15-10-24-20(26-12-1-4-14(5-2-12)33(23,30)31)27-19(15)25-13-3-6-17-16(9-13)28(8-7-22)18(29)11-32-17/h1-6,9-10H,7-8,11H2,(H2,23,30,31)(H2,24,25,26,27). The number of nitrogens with zero attached hydrogens (tertiary/aromatic N) is 3. The maximum absolute atomic E-state index is 12.9. The van der Waals surface area contributed by atoms with E-state index in [1.54, 1.807) is 18.2 Å². The number of rotatable bonds is 7. The first kappa shape index (κ1) is 22.7. The van der Waals surface area contributed by atoms with Crippen molar-refractivity contribution >= 4 is 56.4 Å². The summed E-state index contributed by atoms with van der Waals surface area (Å²) in [7, 11) is -3.80. The SMILES string of the molecule is NS(=O)(=O)c1ccc(Nc2ncc(Cl)c(Nc3ccc4c(c3)N(CCF)C(=O)CO4)n2)cc1. The summed E-state index contributed by atoms with van der Waals surface area (Å²) in [6.45, 7) is -0.913. The molecule has 0 saturated heterocycles. The third-order valence-electron chi connectivity index (χ3n) is 4.66. The van der Waals surface area contributed by atoms with E-state index in [1.165, 1.54) is 35.4 Å². The quantitative estimate of drug-likeness (QED) is 0.457. The molecule has 1 aliphatic rings. The van der Waals surface area contributed by atoms with Gasteiger partial charge in [0.1, 0.15) is 17.4 Å². The monoisotopic (exact) mass is 492 g/mol. The van der Waals surface area contributed by atoms with E-state index in [-0.39, 0.29) is 40.7 Å². The highest BCUT2D eigenvalue weighted by Crippen LogP contribution is 2.36. The van der Waals surface area contributed by atoms with E-state index < -0.39 is 16.7 Å². The molecule has 0 aliphatic carbocycles. The zero-order chi connectivity index (χ0) is 23.6. The summed E-state index contributed by atoms with van der Waals surface area (Å²) >= 11 is 6.23. The molecular formula is C20H18ClFN6O4S. The highest BCUT2D eigenvalue weighted by molar-refractivity contribution is 7.89. The molecule has 4 rings (SSSR count). The Hall–Kier alpha value is -3.48. The maximum Gasteiger partial charge on any atom is 0.265 e. The van der Waals surface area contributed by atoms with Gasteiger partial charge in [-0.2, -0.15) is 4.98 Å². The fourth-order valence-corrected chi connectivity index (χ4v) is 3.77. The van der Waals surface area contributed by atoms with Crippen molar-refractivity contribution in [3.8, 4) is 5.75 Å². The zero-order valence-corrected chi connectivity index (χ0v) is 18.5. The molecule has 0 radical (unpaired) electrons. The molecule has 1 aromatic heterocycles. The zero-order valence-electron chi connectivity index (χ0n) is 17.0. The van der Waals surface area contributed by atoms with E-state index in [0.29, 0.717) is 22.8 Å². The Kier molecular flexibility index (Phi) is 6.31. The predicted octanol–water partition coefficient (Wildman–Crippen LogP) is 2.96. The lowest BCUT2D eigenvalue weighted by atomic mass is 10.2. The molecule has 0 bridgehead atoms. The van der Waals surface area contributed by atoms with Crippen LogP contribution in [-0.4, -0.2) is 44.1 Å². The van der Waals surface area contributed by atoms with Crippen LogP contribution in [-0.2, 0) is 14.8 Å². The number of amides is 1. The second-order valence-corrected chi connectivity index (χ2v) is 8.88. The highest BCUT2D eigenvalue weighted by atomic mass is 35.5. The number of fused-ring (bicyclic) bond motifs is 1. The van der Waals surface area contributed by atoms with Crippen molar-refractivity contribution in [1.29, 1.82) is 0 Å². The van der Waals surface area contributed by atoms with E-state index in [2.05, 4.69) is 20.6 Å². The third-order valence-corrected chi connectivity index (χ3v) is 5.86. The fraction of sp³-hybridized carbons (Fsp3) is 0.150. The Labute approximate surface area is 193 Å². The van der Waals surface area contributed by atoms with Gasteiger partial charge in [0.15, 0.2) is 12.4 Å². The molecular weight excluding hydrogens is 475 g/mol. The van der Waals surface area contributed by atoms with Crippen molar-refractivity contribution in [3.05, 3.63) is 53.7 Å². The van der Waals surface area contributed by atoms with Gasteiger partial charge in [0.25, 0.3) is 5.91 Å². The van der Waals surface area contributed by atoms with Crippen LogP contribution in [0.25, 0.3) is 0 Å². The molecule has 1 amide bonds. The van der Waals surface area contributed by atoms with Crippen LogP contribution < -0.4 is 25.4 Å². The Bertz CT molecular complexity index is 1310. The molecule has 2 heterocycles. The minimum absolute atomic E-state index is 0.0240. The number of halogens is 2. The van der Waals surface area contributed by atoms with E-state index in [0.717, 1.165) is 0 Å². The van der Waals surface area contributed by atoms with Crippen molar-refractivity contribution in [2.75, 3.05) is 35.4 Å². The molecule has 13 heteroatoms.